The van der Waals surface area contributed by atoms with Crippen molar-refractivity contribution in [3.63, 3.8) is 0 Å². The Bertz CT molecular complexity index is 256. The largest absolute Gasteiger partial charge is 0.453 e. The van der Waals surface area contributed by atoms with Gasteiger partial charge in [-0.05, 0) is 6.42 Å². The molecule has 0 radical (unpaired) electrons. The fraction of sp³-hybridized carbons (Fsp3) is 0.778. The third kappa shape index (κ3) is 1.30. The van der Waals surface area contributed by atoms with Gasteiger partial charge in [0.1, 0.15) is 5.78 Å². The molecule has 72 valence electrons. The van der Waals surface area contributed by atoms with Crippen LogP contribution in [0, 0.1) is 5.41 Å². The molecule has 1 saturated heterocycles. The molecule has 1 spiro atoms. The summed E-state index contributed by atoms with van der Waals surface area (Å²) in [5.74, 6) is 0.338. The lowest BCUT2D eigenvalue weighted by atomic mass is 9.78. The number of nitrogens with zero attached hydrogens (tertiary/aromatic N) is 1. The van der Waals surface area contributed by atoms with Crippen molar-refractivity contribution in [3.05, 3.63) is 0 Å². The smallest absolute Gasteiger partial charge is 0.409 e. The molecule has 1 saturated carbocycles. The molecule has 1 amide bonds. The number of rotatable bonds is 0. The van der Waals surface area contributed by atoms with Crippen molar-refractivity contribution >= 4 is 11.9 Å². The van der Waals surface area contributed by atoms with Gasteiger partial charge in [0.15, 0.2) is 0 Å². The molecule has 0 atom stereocenters. The molecule has 0 bridgehead atoms. The Morgan fingerprint density at radius 2 is 2.23 bits per heavy atom. The average molecular weight is 183 g/mol. The van der Waals surface area contributed by atoms with Crippen LogP contribution >= 0.6 is 0 Å². The van der Waals surface area contributed by atoms with Crippen LogP contribution in [-0.2, 0) is 9.53 Å². The van der Waals surface area contributed by atoms with Gasteiger partial charge in [-0.1, -0.05) is 0 Å². The Balaban J connectivity index is 1.90. The van der Waals surface area contributed by atoms with Crippen LogP contribution in [0.25, 0.3) is 0 Å². The molecule has 1 aliphatic heterocycles. The van der Waals surface area contributed by atoms with E-state index in [1.54, 1.807) is 4.90 Å². The molecule has 4 heteroatoms. The quantitative estimate of drug-likeness (QED) is 0.558. The standard InChI is InChI=1S/C9H13NO3/c1-13-8(12)10-5-9(6-10)3-2-7(11)4-9/h2-6H2,1H3. The number of carbonyl (C=O) groups excluding carboxylic acids is 2. The predicted molar refractivity (Wildman–Crippen MR) is 45.3 cm³/mol. The van der Waals surface area contributed by atoms with Crippen LogP contribution in [0.15, 0.2) is 0 Å². The van der Waals surface area contributed by atoms with Crippen LogP contribution in [0.4, 0.5) is 4.79 Å². The molecule has 0 aromatic rings. The first-order chi connectivity index (χ1) is 6.15. The van der Waals surface area contributed by atoms with Crippen molar-refractivity contribution in [2.24, 2.45) is 5.41 Å². The number of methoxy groups -OCH3 is 1. The lowest BCUT2D eigenvalue weighted by Crippen LogP contribution is -2.57. The third-order valence-electron chi connectivity index (χ3n) is 2.99. The van der Waals surface area contributed by atoms with Crippen molar-refractivity contribution in [1.29, 1.82) is 0 Å². The van der Waals surface area contributed by atoms with Crippen LogP contribution < -0.4 is 0 Å². The van der Waals surface area contributed by atoms with Crippen molar-refractivity contribution < 1.29 is 14.3 Å². The fourth-order valence-corrected chi connectivity index (χ4v) is 2.29. The highest BCUT2D eigenvalue weighted by atomic mass is 16.5. The van der Waals surface area contributed by atoms with E-state index in [1.165, 1.54) is 7.11 Å². The number of hydrogen-bond donors (Lipinski definition) is 0. The van der Waals surface area contributed by atoms with Gasteiger partial charge in [-0.2, -0.15) is 0 Å². The Labute approximate surface area is 76.8 Å². The third-order valence-corrected chi connectivity index (χ3v) is 2.99. The molecule has 0 unspecified atom stereocenters. The van der Waals surface area contributed by atoms with E-state index in [9.17, 15) is 9.59 Å². The SMILES string of the molecule is COC(=O)N1CC2(CCC(=O)C2)C1. The first-order valence-corrected chi connectivity index (χ1v) is 4.50. The van der Waals surface area contributed by atoms with Crippen molar-refractivity contribution in [1.82, 2.24) is 4.90 Å². The van der Waals surface area contributed by atoms with Gasteiger partial charge in [-0.3, -0.25) is 4.79 Å². The fourth-order valence-electron chi connectivity index (χ4n) is 2.29. The van der Waals surface area contributed by atoms with Crippen LogP contribution in [0.5, 0.6) is 0 Å². The van der Waals surface area contributed by atoms with Crippen LogP contribution in [-0.4, -0.2) is 37.0 Å². The highest BCUT2D eigenvalue weighted by Crippen LogP contribution is 2.43. The van der Waals surface area contributed by atoms with E-state index in [0.717, 1.165) is 6.42 Å². The maximum atomic E-state index is 11.1. The molecule has 2 aliphatic rings. The van der Waals surface area contributed by atoms with Crippen LogP contribution in [0.1, 0.15) is 19.3 Å². The molecule has 13 heavy (non-hydrogen) atoms. The summed E-state index contributed by atoms with van der Waals surface area (Å²) in [6, 6.07) is 0. The second kappa shape index (κ2) is 2.72. The first-order valence-electron chi connectivity index (χ1n) is 4.50. The Morgan fingerprint density at radius 3 is 2.69 bits per heavy atom. The summed E-state index contributed by atoms with van der Waals surface area (Å²) in [6.07, 6.45) is 2.01. The Kier molecular flexibility index (Phi) is 1.78. The van der Waals surface area contributed by atoms with Gasteiger partial charge in [0.2, 0.25) is 0 Å². The van der Waals surface area contributed by atoms with Gasteiger partial charge in [0, 0.05) is 31.3 Å². The van der Waals surface area contributed by atoms with Crippen LogP contribution in [0.3, 0.4) is 0 Å². The lowest BCUT2D eigenvalue weighted by Gasteiger charge is -2.46. The number of ketones is 1. The predicted octanol–water partition coefficient (Wildman–Crippen LogP) is 0.808. The van der Waals surface area contributed by atoms with Crippen molar-refractivity contribution in [2.75, 3.05) is 20.2 Å². The highest BCUT2D eigenvalue weighted by molar-refractivity contribution is 5.82. The highest BCUT2D eigenvalue weighted by Gasteiger charge is 2.49. The number of likely N-dealkylation sites (tertiary alicyclic amines) is 1. The summed E-state index contributed by atoms with van der Waals surface area (Å²) in [4.78, 5) is 23.7. The van der Waals surface area contributed by atoms with E-state index in [1.807, 2.05) is 0 Å². The van der Waals surface area contributed by atoms with Gasteiger partial charge in [-0.15, -0.1) is 0 Å². The summed E-state index contributed by atoms with van der Waals surface area (Å²) in [6.45, 7) is 1.40. The van der Waals surface area contributed by atoms with E-state index < -0.39 is 0 Å². The molecular weight excluding hydrogens is 170 g/mol. The molecule has 0 aromatic heterocycles. The van der Waals surface area contributed by atoms with Crippen molar-refractivity contribution in [2.45, 2.75) is 19.3 Å². The number of carbonyl (C=O) groups is 2. The molecule has 4 nitrogen and oxygen atoms in total. The van der Waals surface area contributed by atoms with E-state index in [2.05, 4.69) is 4.74 Å². The second-order valence-corrected chi connectivity index (χ2v) is 4.04. The molecule has 1 aliphatic carbocycles. The van der Waals surface area contributed by atoms with Crippen LogP contribution in [0.2, 0.25) is 0 Å². The van der Waals surface area contributed by atoms with Crippen molar-refractivity contribution in [3.8, 4) is 0 Å². The topological polar surface area (TPSA) is 46.6 Å². The number of ether oxygens (including phenoxy) is 1. The minimum Gasteiger partial charge on any atom is -0.453 e. The summed E-state index contributed by atoms with van der Waals surface area (Å²) in [7, 11) is 1.38. The summed E-state index contributed by atoms with van der Waals surface area (Å²) >= 11 is 0. The molecule has 2 rings (SSSR count). The van der Waals surface area contributed by atoms with Gasteiger partial charge >= 0.3 is 6.09 Å². The minimum absolute atomic E-state index is 0.116. The zero-order valence-corrected chi connectivity index (χ0v) is 7.71. The van der Waals surface area contributed by atoms with E-state index in [-0.39, 0.29) is 11.5 Å². The average Bonchev–Trinajstić information content (AvgIpc) is 2.43. The first kappa shape index (κ1) is 8.53. The zero-order chi connectivity index (χ0) is 9.47. The van der Waals surface area contributed by atoms with E-state index >= 15 is 0 Å². The minimum atomic E-state index is -0.273. The maximum Gasteiger partial charge on any atom is 0.409 e. The Hall–Kier alpha value is -1.06. The summed E-state index contributed by atoms with van der Waals surface area (Å²) < 4.78 is 4.59. The molecule has 1 heterocycles. The van der Waals surface area contributed by atoms with Gasteiger partial charge in [-0.25, -0.2) is 4.79 Å². The number of hydrogen-bond acceptors (Lipinski definition) is 3. The molecule has 0 aromatic carbocycles. The number of amides is 1. The maximum absolute atomic E-state index is 11.1. The zero-order valence-electron chi connectivity index (χ0n) is 7.71. The normalized spacial score (nSPS) is 24.7. The van der Waals surface area contributed by atoms with Gasteiger partial charge < -0.3 is 9.64 Å². The Morgan fingerprint density at radius 1 is 1.54 bits per heavy atom. The summed E-state index contributed by atoms with van der Waals surface area (Å²) in [5.41, 5.74) is 0.116. The lowest BCUT2D eigenvalue weighted by molar-refractivity contribution is -0.119. The monoisotopic (exact) mass is 183 g/mol. The molecule has 2 fully saturated rings. The molecule has 0 N–H and O–H groups in total. The second-order valence-electron chi connectivity index (χ2n) is 4.04. The van der Waals surface area contributed by atoms with E-state index in [0.29, 0.717) is 31.7 Å². The molecular formula is C9H13NO3. The summed E-state index contributed by atoms with van der Waals surface area (Å²) in [5, 5.41) is 0. The van der Waals surface area contributed by atoms with Gasteiger partial charge in [0.05, 0.1) is 7.11 Å². The number of Topliss-reactive ketones (excluding diaryl/α,β-unsaturated/α-hetero) is 1. The van der Waals surface area contributed by atoms with Gasteiger partial charge in [0.25, 0.3) is 0 Å². The van der Waals surface area contributed by atoms with E-state index in [4.69, 9.17) is 0 Å².